The first-order valence-corrected chi connectivity index (χ1v) is 6.16. The van der Waals surface area contributed by atoms with Gasteiger partial charge in [-0.1, -0.05) is 13.8 Å². The minimum atomic E-state index is -1.21. The van der Waals surface area contributed by atoms with E-state index in [1.807, 2.05) is 0 Å². The molecule has 0 aliphatic carbocycles. The van der Waals surface area contributed by atoms with Crippen LogP contribution < -0.4 is 11.2 Å². The van der Waals surface area contributed by atoms with Gasteiger partial charge in [0.2, 0.25) is 0 Å². The van der Waals surface area contributed by atoms with Gasteiger partial charge < -0.3 is 10.1 Å². The van der Waals surface area contributed by atoms with Crippen molar-refractivity contribution >= 4 is 29.3 Å². The molecule has 1 atom stereocenters. The van der Waals surface area contributed by atoms with Crippen LogP contribution in [-0.2, 0) is 4.79 Å². The van der Waals surface area contributed by atoms with Crippen molar-refractivity contribution in [1.82, 2.24) is 14.5 Å². The van der Waals surface area contributed by atoms with Crippen LogP contribution in [0.25, 0.3) is 10.9 Å². The number of nitrogens with zero attached hydrogens (tertiary/aromatic N) is 2. The number of aromatic nitrogens is 3. The zero-order valence-electron chi connectivity index (χ0n) is 11.8. The van der Waals surface area contributed by atoms with E-state index in [-0.39, 0.29) is 17.8 Å². The highest BCUT2D eigenvalue weighted by Crippen LogP contribution is 2.16. The molecule has 2 rings (SSSR count). The van der Waals surface area contributed by atoms with Crippen LogP contribution in [0.3, 0.4) is 0 Å². The molecule has 0 radical (unpaired) electrons. The lowest BCUT2D eigenvalue weighted by Crippen LogP contribution is -2.43. The number of aliphatic carboxylic acids is 1. The van der Waals surface area contributed by atoms with Gasteiger partial charge in [0.05, 0.1) is 17.1 Å². The number of nitrogens with one attached hydrogen (secondary N) is 1. The molecular formula is C13H16ClN3O4. The van der Waals surface area contributed by atoms with Gasteiger partial charge in [0.15, 0.2) is 0 Å². The van der Waals surface area contributed by atoms with Gasteiger partial charge in [0.25, 0.3) is 5.56 Å². The van der Waals surface area contributed by atoms with Crippen molar-refractivity contribution in [2.24, 2.45) is 5.92 Å². The van der Waals surface area contributed by atoms with E-state index in [0.29, 0.717) is 11.1 Å². The third kappa shape index (κ3) is 2.82. The quantitative estimate of drug-likeness (QED) is 0.882. The van der Waals surface area contributed by atoms with Crippen molar-refractivity contribution in [3.05, 3.63) is 38.8 Å². The number of pyridine rings is 1. The second-order valence-corrected chi connectivity index (χ2v) is 5.01. The highest BCUT2D eigenvalue weighted by molar-refractivity contribution is 5.85. The fraction of sp³-hybridized carbons (Fsp3) is 0.385. The summed E-state index contributed by atoms with van der Waals surface area (Å²) in [6, 6.07) is -1.21. The van der Waals surface area contributed by atoms with Gasteiger partial charge in [0, 0.05) is 6.20 Å². The molecule has 0 fully saturated rings. The summed E-state index contributed by atoms with van der Waals surface area (Å²) in [6.07, 6.45) is 2.87. The maximum Gasteiger partial charge on any atom is 0.329 e. The number of halogens is 1. The third-order valence-electron chi connectivity index (χ3n) is 3.19. The number of hydrogen-bond donors (Lipinski definition) is 2. The summed E-state index contributed by atoms with van der Waals surface area (Å²) in [5.41, 5.74) is -0.449. The topological polar surface area (TPSA) is 105 Å². The highest BCUT2D eigenvalue weighted by Gasteiger charge is 2.27. The Balaban J connectivity index is 0.00000220. The highest BCUT2D eigenvalue weighted by atomic mass is 35.5. The summed E-state index contributed by atoms with van der Waals surface area (Å²) < 4.78 is 0.766. The largest absolute Gasteiger partial charge is 0.480 e. The minimum absolute atomic E-state index is 0. The summed E-state index contributed by atoms with van der Waals surface area (Å²) in [4.78, 5) is 42.3. The Morgan fingerprint density at radius 1 is 1.33 bits per heavy atom. The fourth-order valence-electron chi connectivity index (χ4n) is 2.28. The van der Waals surface area contributed by atoms with Gasteiger partial charge in [-0.2, -0.15) is 0 Å². The van der Waals surface area contributed by atoms with Gasteiger partial charge >= 0.3 is 11.7 Å². The first-order valence-electron chi connectivity index (χ1n) is 6.16. The summed E-state index contributed by atoms with van der Waals surface area (Å²) in [5, 5.41) is 9.55. The van der Waals surface area contributed by atoms with Gasteiger partial charge in [-0.25, -0.2) is 14.2 Å². The fourth-order valence-corrected chi connectivity index (χ4v) is 2.28. The second kappa shape index (κ2) is 6.09. The Bertz CT molecular complexity index is 794. The maximum absolute atomic E-state index is 12.5. The number of aromatic amines is 1. The summed E-state index contributed by atoms with van der Waals surface area (Å²) in [6.45, 7) is 4.98. The van der Waals surface area contributed by atoms with Crippen molar-refractivity contribution in [3.8, 4) is 0 Å². The Morgan fingerprint density at radius 2 is 1.95 bits per heavy atom. The molecule has 0 saturated carbocycles. The lowest BCUT2D eigenvalue weighted by molar-refractivity contribution is -0.142. The summed E-state index contributed by atoms with van der Waals surface area (Å²) in [5.74, 6) is -1.61. The molecule has 0 bridgehead atoms. The lowest BCUT2D eigenvalue weighted by Gasteiger charge is -2.18. The van der Waals surface area contributed by atoms with Crippen LogP contribution in [0, 0.1) is 12.8 Å². The number of carboxylic acid groups (broad SMARTS) is 1. The second-order valence-electron chi connectivity index (χ2n) is 5.01. The molecule has 0 aliphatic heterocycles. The van der Waals surface area contributed by atoms with Gasteiger partial charge in [-0.05, 0) is 18.4 Å². The van der Waals surface area contributed by atoms with E-state index in [0.717, 1.165) is 4.57 Å². The molecule has 7 nitrogen and oxygen atoms in total. The molecular weight excluding hydrogens is 298 g/mol. The van der Waals surface area contributed by atoms with Crippen LogP contribution in [0.4, 0.5) is 0 Å². The minimum Gasteiger partial charge on any atom is -0.480 e. The van der Waals surface area contributed by atoms with Crippen molar-refractivity contribution in [1.29, 1.82) is 0 Å². The predicted molar refractivity (Wildman–Crippen MR) is 80.1 cm³/mol. The monoisotopic (exact) mass is 313 g/mol. The van der Waals surface area contributed by atoms with Gasteiger partial charge in [0.1, 0.15) is 6.04 Å². The lowest BCUT2D eigenvalue weighted by atomic mass is 10.0. The smallest absolute Gasteiger partial charge is 0.329 e. The van der Waals surface area contributed by atoms with Crippen molar-refractivity contribution in [3.63, 3.8) is 0 Å². The van der Waals surface area contributed by atoms with E-state index in [1.165, 1.54) is 12.4 Å². The van der Waals surface area contributed by atoms with Crippen LogP contribution in [0.15, 0.2) is 22.0 Å². The van der Waals surface area contributed by atoms with Crippen LogP contribution in [0.1, 0.15) is 25.5 Å². The van der Waals surface area contributed by atoms with E-state index < -0.39 is 29.2 Å². The average molecular weight is 314 g/mol. The SMILES string of the molecule is Cc1cncc2[nH]c(=O)n(C(C(=O)O)C(C)C)c(=O)c12.Cl. The average Bonchev–Trinajstić information content (AvgIpc) is 2.32. The van der Waals surface area contributed by atoms with Crippen LogP contribution >= 0.6 is 12.4 Å². The molecule has 0 saturated heterocycles. The van der Waals surface area contributed by atoms with E-state index in [2.05, 4.69) is 9.97 Å². The molecule has 0 aliphatic rings. The molecule has 8 heteroatoms. The predicted octanol–water partition coefficient (Wildman–Crippen LogP) is 1.10. The van der Waals surface area contributed by atoms with Crippen LogP contribution in [-0.4, -0.2) is 25.6 Å². The first-order chi connectivity index (χ1) is 9.34. The number of carboxylic acids is 1. The zero-order chi connectivity index (χ0) is 15.0. The van der Waals surface area contributed by atoms with E-state index >= 15 is 0 Å². The molecule has 0 aromatic carbocycles. The van der Waals surface area contributed by atoms with E-state index in [1.54, 1.807) is 20.8 Å². The van der Waals surface area contributed by atoms with Gasteiger partial charge in [-0.3, -0.25) is 9.78 Å². The Hall–Kier alpha value is -2.15. The molecule has 114 valence electrons. The molecule has 2 aromatic heterocycles. The van der Waals surface area contributed by atoms with Crippen LogP contribution in [0.5, 0.6) is 0 Å². The first kappa shape index (κ1) is 16.9. The number of hydrogen-bond acceptors (Lipinski definition) is 4. The summed E-state index contributed by atoms with van der Waals surface area (Å²) in [7, 11) is 0. The standard InChI is InChI=1S/C13H15N3O4.ClH/c1-6(2)10(12(18)19)16-11(17)9-7(3)4-14-5-8(9)15-13(16)20;/h4-6,10H,1-3H3,(H,15,20)(H,18,19);1H. The Labute approximate surface area is 126 Å². The number of aryl methyl sites for hydroxylation is 1. The molecule has 0 spiro atoms. The number of H-pyrrole nitrogens is 1. The number of carbonyl (C=O) groups is 1. The van der Waals surface area contributed by atoms with E-state index in [9.17, 15) is 19.5 Å². The number of rotatable bonds is 3. The van der Waals surface area contributed by atoms with Crippen LogP contribution in [0.2, 0.25) is 0 Å². The van der Waals surface area contributed by atoms with Gasteiger partial charge in [-0.15, -0.1) is 12.4 Å². The van der Waals surface area contributed by atoms with Crippen molar-refractivity contribution < 1.29 is 9.90 Å². The van der Waals surface area contributed by atoms with Crippen molar-refractivity contribution in [2.45, 2.75) is 26.8 Å². The van der Waals surface area contributed by atoms with E-state index in [4.69, 9.17) is 0 Å². The van der Waals surface area contributed by atoms with Crippen molar-refractivity contribution in [2.75, 3.05) is 0 Å². The zero-order valence-corrected chi connectivity index (χ0v) is 12.6. The Morgan fingerprint density at radius 3 is 2.48 bits per heavy atom. The number of fused-ring (bicyclic) bond motifs is 1. The molecule has 2 heterocycles. The molecule has 21 heavy (non-hydrogen) atoms. The summed E-state index contributed by atoms with van der Waals surface area (Å²) >= 11 is 0. The molecule has 2 N–H and O–H groups in total. The maximum atomic E-state index is 12.5. The molecule has 1 unspecified atom stereocenters. The molecule has 0 amide bonds. The third-order valence-corrected chi connectivity index (χ3v) is 3.19. The Kier molecular flexibility index (Phi) is 4.90. The normalized spacial score (nSPS) is 12.2. The molecule has 2 aromatic rings.